The molecule has 2 N–H and O–H groups in total. The molecule has 0 unspecified atom stereocenters. The van der Waals surface area contributed by atoms with Gasteiger partial charge in [0.05, 0.1) is 6.04 Å². The summed E-state index contributed by atoms with van der Waals surface area (Å²) in [7, 11) is 5.89. The maximum atomic E-state index is 12.6. The minimum atomic E-state index is -0.740. The average Bonchev–Trinajstić information content (AvgIpc) is 3.37. The van der Waals surface area contributed by atoms with Gasteiger partial charge in [-0.25, -0.2) is 0 Å². The first-order chi connectivity index (χ1) is 15.8. The van der Waals surface area contributed by atoms with Crippen LogP contribution in [0.3, 0.4) is 0 Å². The van der Waals surface area contributed by atoms with Crippen LogP contribution in [0.2, 0.25) is 0 Å². The molecule has 0 aliphatic carbocycles. The van der Waals surface area contributed by atoms with E-state index in [1.54, 1.807) is 23.1 Å². The molecule has 0 bridgehead atoms. The van der Waals surface area contributed by atoms with E-state index in [-0.39, 0.29) is 18.5 Å². The van der Waals surface area contributed by atoms with Crippen molar-refractivity contribution in [2.24, 2.45) is 7.05 Å². The van der Waals surface area contributed by atoms with Crippen LogP contribution in [0.25, 0.3) is 10.9 Å². The topological polar surface area (TPSA) is 86.7 Å². The van der Waals surface area contributed by atoms with Gasteiger partial charge in [-0.1, -0.05) is 24.3 Å². The molecule has 33 heavy (non-hydrogen) atoms. The zero-order chi connectivity index (χ0) is 23.5. The van der Waals surface area contributed by atoms with Gasteiger partial charge in [0.2, 0.25) is 5.91 Å². The van der Waals surface area contributed by atoms with Crippen LogP contribution in [0.15, 0.2) is 54.7 Å². The second-order valence-corrected chi connectivity index (χ2v) is 8.56. The van der Waals surface area contributed by atoms with E-state index in [1.807, 2.05) is 44.2 Å². The summed E-state index contributed by atoms with van der Waals surface area (Å²) in [4.78, 5) is 40.8. The van der Waals surface area contributed by atoms with E-state index in [0.29, 0.717) is 18.7 Å². The first kappa shape index (κ1) is 22.5. The number of para-hydroxylation sites is 1. The van der Waals surface area contributed by atoms with Gasteiger partial charge >= 0.3 is 11.8 Å². The van der Waals surface area contributed by atoms with E-state index in [0.717, 1.165) is 28.6 Å². The molecule has 1 aliphatic rings. The van der Waals surface area contributed by atoms with Crippen molar-refractivity contribution in [3.63, 3.8) is 0 Å². The number of amides is 3. The Hall–Kier alpha value is -3.65. The lowest BCUT2D eigenvalue weighted by atomic mass is 10.0. The molecule has 3 amide bonds. The number of rotatable bonds is 6. The van der Waals surface area contributed by atoms with Gasteiger partial charge in [0, 0.05) is 55.0 Å². The molecule has 0 spiro atoms. The number of nitrogens with one attached hydrogen (secondary N) is 2. The Morgan fingerprint density at radius 3 is 2.61 bits per heavy atom. The van der Waals surface area contributed by atoms with Crippen LogP contribution in [-0.2, 0) is 21.4 Å². The Kier molecular flexibility index (Phi) is 6.46. The van der Waals surface area contributed by atoms with E-state index in [1.165, 1.54) is 0 Å². The highest BCUT2D eigenvalue weighted by atomic mass is 16.2. The summed E-state index contributed by atoms with van der Waals surface area (Å²) in [5, 5.41) is 6.52. The molecule has 1 fully saturated rings. The van der Waals surface area contributed by atoms with Crippen LogP contribution < -0.4 is 15.5 Å². The molecule has 0 radical (unpaired) electrons. The lowest BCUT2D eigenvalue weighted by Crippen LogP contribution is -2.40. The number of hydrogen-bond acceptors (Lipinski definition) is 4. The molecule has 8 heteroatoms. The first-order valence-electron chi connectivity index (χ1n) is 11.0. The summed E-state index contributed by atoms with van der Waals surface area (Å²) in [6, 6.07) is 15.0. The number of benzene rings is 2. The van der Waals surface area contributed by atoms with Crippen molar-refractivity contribution >= 4 is 40.0 Å². The third-order valence-corrected chi connectivity index (χ3v) is 6.06. The monoisotopic (exact) mass is 447 g/mol. The van der Waals surface area contributed by atoms with Gasteiger partial charge in [0.15, 0.2) is 0 Å². The number of anilines is 2. The van der Waals surface area contributed by atoms with E-state index in [2.05, 4.69) is 33.5 Å². The minimum absolute atomic E-state index is 0.0689. The van der Waals surface area contributed by atoms with Gasteiger partial charge in [-0.15, -0.1) is 0 Å². The highest BCUT2D eigenvalue weighted by Crippen LogP contribution is 2.28. The number of likely N-dealkylation sites (N-methyl/N-ethyl adjacent to an activating group) is 1. The molecule has 8 nitrogen and oxygen atoms in total. The summed E-state index contributed by atoms with van der Waals surface area (Å²) in [6.07, 6.45) is 3.41. The molecule has 3 aromatic rings. The predicted octanol–water partition coefficient (Wildman–Crippen LogP) is 2.66. The van der Waals surface area contributed by atoms with Crippen molar-refractivity contribution < 1.29 is 14.4 Å². The summed E-state index contributed by atoms with van der Waals surface area (Å²) < 4.78 is 2.06. The summed E-state index contributed by atoms with van der Waals surface area (Å²) in [5.41, 5.74) is 3.39. The van der Waals surface area contributed by atoms with Crippen LogP contribution in [0.4, 0.5) is 11.4 Å². The molecular weight excluding hydrogens is 418 g/mol. The lowest BCUT2D eigenvalue weighted by molar-refractivity contribution is -0.136. The Balaban J connectivity index is 1.42. The summed E-state index contributed by atoms with van der Waals surface area (Å²) >= 11 is 0. The van der Waals surface area contributed by atoms with Crippen molar-refractivity contribution in [2.75, 3.05) is 37.4 Å². The Morgan fingerprint density at radius 2 is 1.88 bits per heavy atom. The number of nitrogens with zero attached hydrogens (tertiary/aromatic N) is 3. The number of aromatic nitrogens is 1. The molecule has 1 saturated heterocycles. The fraction of sp³-hybridized carbons (Fsp3) is 0.320. The van der Waals surface area contributed by atoms with Crippen LogP contribution >= 0.6 is 0 Å². The third-order valence-electron chi connectivity index (χ3n) is 6.06. The Labute approximate surface area is 193 Å². The molecule has 1 aromatic heterocycles. The molecule has 1 atom stereocenters. The second kappa shape index (κ2) is 9.46. The number of fused-ring (bicyclic) bond motifs is 1. The number of carbonyl (C=O) groups excluding carboxylic acids is 3. The minimum Gasteiger partial charge on any atom is -0.350 e. The first-order valence-corrected chi connectivity index (χ1v) is 11.0. The van der Waals surface area contributed by atoms with Gasteiger partial charge < -0.3 is 25.0 Å². The number of hydrogen-bond donors (Lipinski definition) is 2. The van der Waals surface area contributed by atoms with E-state index >= 15 is 0 Å². The number of carbonyl (C=O) groups is 3. The maximum Gasteiger partial charge on any atom is 0.313 e. The summed E-state index contributed by atoms with van der Waals surface area (Å²) in [6.45, 7) is 0.951. The van der Waals surface area contributed by atoms with Crippen LogP contribution in [0, 0.1) is 0 Å². The van der Waals surface area contributed by atoms with Gasteiger partial charge in [0.25, 0.3) is 0 Å². The van der Waals surface area contributed by atoms with Gasteiger partial charge in [-0.2, -0.15) is 0 Å². The molecular formula is C25H29N5O3. The quantitative estimate of drug-likeness (QED) is 0.569. The van der Waals surface area contributed by atoms with E-state index < -0.39 is 11.8 Å². The largest absolute Gasteiger partial charge is 0.350 e. The van der Waals surface area contributed by atoms with Crippen LogP contribution in [0.5, 0.6) is 0 Å². The average molecular weight is 448 g/mol. The Morgan fingerprint density at radius 1 is 1.09 bits per heavy atom. The molecule has 172 valence electrons. The van der Waals surface area contributed by atoms with E-state index in [9.17, 15) is 14.4 Å². The second-order valence-electron chi connectivity index (χ2n) is 8.56. The highest BCUT2D eigenvalue weighted by molar-refractivity contribution is 6.39. The fourth-order valence-electron chi connectivity index (χ4n) is 4.34. The van der Waals surface area contributed by atoms with E-state index in [4.69, 9.17) is 0 Å². The van der Waals surface area contributed by atoms with Gasteiger partial charge in [-0.05, 0) is 50.3 Å². The van der Waals surface area contributed by atoms with Crippen molar-refractivity contribution in [3.05, 3.63) is 60.3 Å². The normalized spacial score (nSPS) is 14.7. The van der Waals surface area contributed by atoms with Gasteiger partial charge in [0.1, 0.15) is 0 Å². The van der Waals surface area contributed by atoms with Crippen molar-refractivity contribution in [2.45, 2.75) is 18.9 Å². The van der Waals surface area contributed by atoms with Crippen molar-refractivity contribution in [3.8, 4) is 0 Å². The molecule has 2 aromatic carbocycles. The zero-order valence-electron chi connectivity index (χ0n) is 19.2. The molecule has 4 rings (SSSR count). The number of aryl methyl sites for hydroxylation is 1. The van der Waals surface area contributed by atoms with Crippen molar-refractivity contribution in [1.82, 2.24) is 14.8 Å². The fourth-order valence-corrected chi connectivity index (χ4v) is 4.34. The standard InChI is InChI=1S/C25H29N5O3/c1-28(2)22(20-16-29(3)21-11-5-4-10-19(20)21)15-26-24(32)25(33)27-17-8-6-9-18(14-17)30-13-7-12-23(30)31/h4-6,8-11,14,16,22H,7,12-13,15H2,1-3H3,(H,26,32)(H,27,33)/t22-/m1/s1. The van der Waals surface area contributed by atoms with Crippen LogP contribution in [-0.4, -0.2) is 54.4 Å². The highest BCUT2D eigenvalue weighted by Gasteiger charge is 2.24. The predicted molar refractivity (Wildman–Crippen MR) is 129 cm³/mol. The Bertz CT molecular complexity index is 1200. The summed E-state index contributed by atoms with van der Waals surface area (Å²) in [5.74, 6) is -1.38. The van der Waals surface area contributed by atoms with Gasteiger partial charge in [-0.3, -0.25) is 14.4 Å². The molecule has 0 saturated carbocycles. The van der Waals surface area contributed by atoms with Crippen LogP contribution in [0.1, 0.15) is 24.4 Å². The SMILES string of the molecule is CN(C)[C@H](CNC(=O)C(=O)Nc1cccc(N2CCCC2=O)c1)c1cn(C)c2ccccc12. The molecule has 2 heterocycles. The van der Waals surface area contributed by atoms with Crippen molar-refractivity contribution in [1.29, 1.82) is 0 Å². The third kappa shape index (κ3) is 4.75. The molecule has 1 aliphatic heterocycles. The zero-order valence-corrected chi connectivity index (χ0v) is 19.2. The lowest BCUT2D eigenvalue weighted by Gasteiger charge is -2.24. The smallest absolute Gasteiger partial charge is 0.313 e. The maximum absolute atomic E-state index is 12.6.